The van der Waals surface area contributed by atoms with Crippen molar-refractivity contribution in [2.45, 2.75) is 59.8 Å². The fourth-order valence-corrected chi connectivity index (χ4v) is 10.8. The first-order valence-corrected chi connectivity index (χ1v) is 17.6. The second kappa shape index (κ2) is 14.0. The maximum absolute atomic E-state index is 2.69. The van der Waals surface area contributed by atoms with Crippen LogP contribution in [0.4, 0.5) is 0 Å². The standard InChI is InChI=1S/C26H29.C13H10.2ClH.Zr/c1-5-18-13-14-22-21(15-18)16-23-24(22)19(6-2)17-26(7-3,8-4)25(23)20-11-9-10-12-20;1-3-7-12(8-4-1)11-13-9-5-2-6-10-13;;;/h9-11,13-15,17H,5-8,12H2,1-4H3;1-10H;2*1H;/q;;;;+2/p-2. The molecule has 0 atom stereocenters. The van der Waals surface area contributed by atoms with Gasteiger partial charge in [0.05, 0.1) is 0 Å². The van der Waals surface area contributed by atoms with Gasteiger partial charge in [-0.15, -0.1) is 0 Å². The van der Waals surface area contributed by atoms with E-state index in [-0.39, 0.29) is 30.2 Å². The summed E-state index contributed by atoms with van der Waals surface area (Å²) in [5.74, 6) is 0. The molecule has 0 aliphatic heterocycles. The Morgan fingerprint density at radius 3 is 1.90 bits per heavy atom. The Labute approximate surface area is 275 Å². The summed E-state index contributed by atoms with van der Waals surface area (Å²) in [5, 5.41) is 2.99. The monoisotopic (exact) mass is 667 g/mol. The summed E-state index contributed by atoms with van der Waals surface area (Å²) in [7, 11) is 0. The Balaban J connectivity index is 0.00000202. The zero-order valence-electron chi connectivity index (χ0n) is 25.1. The molecule has 0 nitrogen and oxygen atoms in total. The van der Waals surface area contributed by atoms with Crippen LogP contribution in [0, 0.1) is 5.41 Å². The van der Waals surface area contributed by atoms with Gasteiger partial charge in [0.25, 0.3) is 0 Å². The first kappa shape index (κ1) is 32.6. The molecule has 3 aromatic rings. The number of benzene rings is 3. The van der Waals surface area contributed by atoms with Crippen molar-refractivity contribution < 1.29 is 47.6 Å². The van der Waals surface area contributed by atoms with E-state index < -0.39 is 22.8 Å². The number of fused-ring (bicyclic) bond motifs is 2. The maximum Gasteiger partial charge on any atom is -1.00 e. The van der Waals surface area contributed by atoms with E-state index in [4.69, 9.17) is 0 Å². The molecule has 0 fully saturated rings. The molecule has 0 N–H and O–H groups in total. The van der Waals surface area contributed by atoms with E-state index in [0.717, 1.165) is 32.1 Å². The molecule has 3 aliphatic carbocycles. The van der Waals surface area contributed by atoms with Crippen molar-refractivity contribution in [1.29, 1.82) is 0 Å². The molecule has 0 unspecified atom stereocenters. The summed E-state index contributed by atoms with van der Waals surface area (Å²) in [4.78, 5) is 0. The Hall–Kier alpha value is -2.31. The summed E-state index contributed by atoms with van der Waals surface area (Å²) in [6.45, 7) is 9.46. The molecule has 0 aromatic heterocycles. The molecule has 0 saturated heterocycles. The number of halogens is 2. The van der Waals surface area contributed by atoms with Gasteiger partial charge in [-0.3, -0.25) is 0 Å². The SMILES string of the molecule is CCC1=CC(CC)(CC)C(C2=CC=CC2)=C2[C]([Zr+2]=[C](c3ccccc3)c3ccccc3)=c3cc(CC)ccc3=C12.[Cl-].[Cl-]. The van der Waals surface area contributed by atoms with E-state index in [1.807, 2.05) is 0 Å². The van der Waals surface area contributed by atoms with Crippen molar-refractivity contribution in [2.24, 2.45) is 5.41 Å². The molecule has 42 heavy (non-hydrogen) atoms. The van der Waals surface area contributed by atoms with Crippen LogP contribution in [0.15, 0.2) is 125 Å². The van der Waals surface area contributed by atoms with Crippen LogP contribution in [0.1, 0.15) is 70.1 Å². The Morgan fingerprint density at radius 2 is 1.38 bits per heavy atom. The van der Waals surface area contributed by atoms with Crippen LogP contribution in [0.2, 0.25) is 0 Å². The Kier molecular flexibility index (Phi) is 10.9. The van der Waals surface area contributed by atoms with Crippen molar-refractivity contribution in [2.75, 3.05) is 0 Å². The van der Waals surface area contributed by atoms with Crippen molar-refractivity contribution in [3.8, 4) is 0 Å². The zero-order chi connectivity index (χ0) is 27.7. The molecule has 3 aromatic carbocycles. The third-order valence-corrected chi connectivity index (χ3v) is 13.1. The van der Waals surface area contributed by atoms with Gasteiger partial charge in [-0.1, -0.05) is 0 Å². The molecule has 6 rings (SSSR count). The molecule has 0 spiro atoms. The molecular formula is C39H39Cl2Zr. The van der Waals surface area contributed by atoms with E-state index in [0.29, 0.717) is 0 Å². The third-order valence-electron chi connectivity index (χ3n) is 9.16. The average Bonchev–Trinajstić information content (AvgIpc) is 3.66. The first-order valence-electron chi connectivity index (χ1n) is 15.1. The second-order valence-electron chi connectivity index (χ2n) is 11.2. The van der Waals surface area contributed by atoms with Crippen molar-refractivity contribution in [3.63, 3.8) is 0 Å². The first-order chi connectivity index (χ1) is 19.6. The van der Waals surface area contributed by atoms with Gasteiger partial charge in [0.15, 0.2) is 0 Å². The summed E-state index contributed by atoms with van der Waals surface area (Å²) in [6, 6.07) is 29.8. The molecule has 0 saturated carbocycles. The summed E-state index contributed by atoms with van der Waals surface area (Å²) < 4.78 is 3.25. The van der Waals surface area contributed by atoms with Crippen LogP contribution >= 0.6 is 0 Å². The summed E-state index contributed by atoms with van der Waals surface area (Å²) in [6.07, 6.45) is 15.2. The van der Waals surface area contributed by atoms with Crippen LogP contribution in [0.3, 0.4) is 0 Å². The van der Waals surface area contributed by atoms with Crippen LogP contribution in [-0.2, 0) is 29.2 Å². The predicted molar refractivity (Wildman–Crippen MR) is 168 cm³/mol. The number of hydrogen-bond donors (Lipinski definition) is 0. The van der Waals surface area contributed by atoms with Crippen molar-refractivity contribution in [1.82, 2.24) is 0 Å². The molecule has 213 valence electrons. The van der Waals surface area contributed by atoms with Crippen LogP contribution in [0.5, 0.6) is 0 Å². The van der Waals surface area contributed by atoms with Crippen molar-refractivity contribution >= 4 is 12.1 Å². The Bertz CT molecular complexity index is 1690. The second-order valence-corrected chi connectivity index (χ2v) is 14.2. The van der Waals surface area contributed by atoms with E-state index in [2.05, 4.69) is 131 Å². The topological polar surface area (TPSA) is 0 Å². The largest absolute Gasteiger partial charge is 1.00 e. The smallest absolute Gasteiger partial charge is 1.00 e. The van der Waals surface area contributed by atoms with Gasteiger partial charge in [-0.25, -0.2) is 0 Å². The molecule has 0 heterocycles. The molecule has 0 radical (unpaired) electrons. The fraction of sp³-hybridized carbons (Fsp3) is 0.256. The number of hydrogen-bond acceptors (Lipinski definition) is 0. The molecule has 0 amide bonds. The van der Waals surface area contributed by atoms with Crippen LogP contribution < -0.4 is 35.3 Å². The number of rotatable bonds is 8. The fourth-order valence-electron chi connectivity index (χ4n) is 6.92. The normalized spacial score (nSPS) is 16.1. The predicted octanol–water partition coefficient (Wildman–Crippen LogP) is 2.22. The van der Waals surface area contributed by atoms with Gasteiger partial charge in [0.1, 0.15) is 0 Å². The zero-order valence-corrected chi connectivity index (χ0v) is 29.1. The van der Waals surface area contributed by atoms with E-state index in [1.165, 1.54) is 38.3 Å². The van der Waals surface area contributed by atoms with Gasteiger partial charge in [0, 0.05) is 0 Å². The third kappa shape index (κ3) is 5.66. The van der Waals surface area contributed by atoms with Gasteiger partial charge in [0.2, 0.25) is 0 Å². The maximum atomic E-state index is 2.69. The van der Waals surface area contributed by atoms with Gasteiger partial charge >= 0.3 is 253 Å². The average molecular weight is 670 g/mol. The molecule has 0 bridgehead atoms. The van der Waals surface area contributed by atoms with E-state index in [9.17, 15) is 0 Å². The van der Waals surface area contributed by atoms with Gasteiger partial charge in [-0.2, -0.15) is 0 Å². The van der Waals surface area contributed by atoms with Crippen molar-refractivity contribution in [3.05, 3.63) is 153 Å². The summed E-state index contributed by atoms with van der Waals surface area (Å²) in [5.41, 5.74) is 12.2. The quantitative estimate of drug-likeness (QED) is 0.346. The van der Waals surface area contributed by atoms with Crippen LogP contribution in [-0.4, -0.2) is 3.21 Å². The molecular weight excluding hydrogens is 631 g/mol. The Morgan fingerprint density at radius 1 is 0.738 bits per heavy atom. The minimum atomic E-state index is -1.26. The minimum absolute atomic E-state index is 0. The van der Waals surface area contributed by atoms with E-state index in [1.54, 1.807) is 23.2 Å². The van der Waals surface area contributed by atoms with E-state index >= 15 is 0 Å². The van der Waals surface area contributed by atoms with Gasteiger partial charge in [-0.05, 0) is 0 Å². The molecule has 3 aliphatic rings. The summed E-state index contributed by atoms with van der Waals surface area (Å²) >= 11 is -1.26. The number of aryl methyl sites for hydroxylation is 1. The van der Waals surface area contributed by atoms with Gasteiger partial charge < -0.3 is 24.8 Å². The van der Waals surface area contributed by atoms with Crippen LogP contribution in [0.25, 0.3) is 8.85 Å². The minimum Gasteiger partial charge on any atom is -1.00 e. The number of allylic oxidation sites excluding steroid dienone is 8. The molecule has 3 heteroatoms.